The van der Waals surface area contributed by atoms with E-state index >= 15 is 0 Å². The van der Waals surface area contributed by atoms with E-state index < -0.39 is 15.9 Å². The molecule has 3 aromatic carbocycles. The van der Waals surface area contributed by atoms with E-state index in [2.05, 4.69) is 41.0 Å². The van der Waals surface area contributed by atoms with Gasteiger partial charge in [-0.1, -0.05) is 68.4 Å². The molecule has 8 nitrogen and oxygen atoms in total. The fourth-order valence-electron chi connectivity index (χ4n) is 4.28. The Morgan fingerprint density at radius 1 is 0.947 bits per heavy atom. The monoisotopic (exact) mass is 528 g/mol. The third kappa shape index (κ3) is 5.05. The minimum Gasteiger partial charge on any atom is -0.350 e. The molecule has 0 radical (unpaired) electrons. The van der Waals surface area contributed by atoms with Crippen molar-refractivity contribution < 1.29 is 17.7 Å². The van der Waals surface area contributed by atoms with Gasteiger partial charge < -0.3 is 9.51 Å². The van der Waals surface area contributed by atoms with Gasteiger partial charge in [-0.2, -0.15) is 0 Å². The highest BCUT2D eigenvalue weighted by Crippen LogP contribution is 2.35. The summed E-state index contributed by atoms with van der Waals surface area (Å²) in [6.45, 7) is 7.99. The third-order valence-corrected chi connectivity index (χ3v) is 7.63. The van der Waals surface area contributed by atoms with E-state index in [4.69, 9.17) is 4.52 Å². The molecule has 194 valence electrons. The van der Waals surface area contributed by atoms with E-state index in [0.717, 1.165) is 11.1 Å². The molecule has 5 aromatic rings. The second-order valence-electron chi connectivity index (χ2n) is 10.2. The molecule has 0 aliphatic heterocycles. The number of fused-ring (bicyclic) bond motifs is 1. The summed E-state index contributed by atoms with van der Waals surface area (Å²) in [4.78, 5) is 16.6. The largest absolute Gasteiger partial charge is 0.350 e. The number of anilines is 2. The number of hydrogen-bond donors (Lipinski definition) is 3. The minimum atomic E-state index is -3.83. The lowest BCUT2D eigenvalue weighted by molar-refractivity contribution is 0.102. The maximum Gasteiger partial charge on any atom is 0.275 e. The van der Waals surface area contributed by atoms with Gasteiger partial charge in [0.25, 0.3) is 15.9 Å². The van der Waals surface area contributed by atoms with Crippen molar-refractivity contribution in [3.05, 3.63) is 95.8 Å². The van der Waals surface area contributed by atoms with Crippen LogP contribution in [0.1, 0.15) is 42.5 Å². The molecule has 0 aliphatic rings. The van der Waals surface area contributed by atoms with E-state index in [9.17, 15) is 13.2 Å². The topological polar surface area (TPSA) is 117 Å². The van der Waals surface area contributed by atoms with Crippen molar-refractivity contribution in [2.24, 2.45) is 0 Å². The molecule has 0 atom stereocenters. The van der Waals surface area contributed by atoms with Crippen LogP contribution in [0.4, 0.5) is 11.6 Å². The molecule has 0 unspecified atom stereocenters. The van der Waals surface area contributed by atoms with Gasteiger partial charge in [-0.3, -0.25) is 14.8 Å². The Labute approximate surface area is 221 Å². The maximum atomic E-state index is 13.2. The van der Waals surface area contributed by atoms with Gasteiger partial charge >= 0.3 is 0 Å². The number of nitrogens with zero attached hydrogens (tertiary/aromatic N) is 1. The van der Waals surface area contributed by atoms with Gasteiger partial charge in [0, 0.05) is 28.2 Å². The molecule has 3 N–H and O–H groups in total. The Bertz CT molecular complexity index is 1730. The van der Waals surface area contributed by atoms with Crippen LogP contribution in [0.5, 0.6) is 0 Å². The van der Waals surface area contributed by atoms with Crippen LogP contribution >= 0.6 is 0 Å². The average molecular weight is 529 g/mol. The number of H-pyrrole nitrogens is 1. The third-order valence-electron chi connectivity index (χ3n) is 6.24. The Balaban J connectivity index is 1.53. The molecule has 0 spiro atoms. The summed E-state index contributed by atoms with van der Waals surface area (Å²) in [5.74, 6) is -0.173. The van der Waals surface area contributed by atoms with E-state index in [1.54, 1.807) is 43.3 Å². The predicted octanol–water partition coefficient (Wildman–Crippen LogP) is 6.48. The molecule has 2 aromatic heterocycles. The highest BCUT2D eigenvalue weighted by Gasteiger charge is 2.22. The van der Waals surface area contributed by atoms with Gasteiger partial charge in [-0.15, -0.1) is 0 Å². The van der Waals surface area contributed by atoms with Crippen LogP contribution in [0.3, 0.4) is 0 Å². The van der Waals surface area contributed by atoms with Crippen molar-refractivity contribution in [2.75, 3.05) is 10.0 Å². The molecule has 0 fully saturated rings. The number of aryl methyl sites for hydroxylation is 1. The predicted molar refractivity (Wildman–Crippen MR) is 149 cm³/mol. The Morgan fingerprint density at radius 3 is 2.29 bits per heavy atom. The zero-order chi connectivity index (χ0) is 27.1. The number of benzene rings is 3. The van der Waals surface area contributed by atoms with Gasteiger partial charge in [0.1, 0.15) is 5.69 Å². The molecule has 5 rings (SSSR count). The van der Waals surface area contributed by atoms with Crippen LogP contribution in [-0.2, 0) is 15.4 Å². The van der Waals surface area contributed by atoms with E-state index in [1.165, 1.54) is 0 Å². The highest BCUT2D eigenvalue weighted by molar-refractivity contribution is 7.92. The maximum absolute atomic E-state index is 13.2. The van der Waals surface area contributed by atoms with Crippen molar-refractivity contribution in [1.82, 2.24) is 10.1 Å². The van der Waals surface area contributed by atoms with Crippen molar-refractivity contribution >= 4 is 38.4 Å². The molecule has 0 saturated heterocycles. The summed E-state index contributed by atoms with van der Waals surface area (Å²) in [7, 11) is -3.83. The van der Waals surface area contributed by atoms with Gasteiger partial charge in [0.05, 0.1) is 10.6 Å². The lowest BCUT2D eigenvalue weighted by atomic mass is 9.87. The van der Waals surface area contributed by atoms with Crippen LogP contribution in [0.15, 0.2) is 88.3 Å². The number of aromatic amines is 1. The number of amides is 1. The molecule has 38 heavy (non-hydrogen) atoms. The standard InChI is InChI=1S/C29H28N4O4S/c1-18-16-25(37-32-18)31-28(34)27-26(19-8-6-5-7-9-19)23-17-21(12-15-24(23)30-27)33-38(35,36)22-13-10-20(11-14-22)29(2,3)4/h5-17,30,33H,1-4H3,(H,31,34). The molecule has 0 bridgehead atoms. The van der Waals surface area contributed by atoms with Gasteiger partial charge in [-0.25, -0.2) is 8.42 Å². The van der Waals surface area contributed by atoms with Crippen LogP contribution in [0.2, 0.25) is 0 Å². The number of sulfonamides is 1. The van der Waals surface area contributed by atoms with Gasteiger partial charge in [-0.05, 0) is 53.8 Å². The summed E-state index contributed by atoms with van der Waals surface area (Å²) in [6.07, 6.45) is 0. The SMILES string of the molecule is Cc1cc(NC(=O)c2[nH]c3ccc(NS(=O)(=O)c4ccc(C(C)(C)C)cc4)cc3c2-c2ccccc2)on1. The zero-order valence-corrected chi connectivity index (χ0v) is 22.3. The van der Waals surface area contributed by atoms with Crippen molar-refractivity contribution in [1.29, 1.82) is 0 Å². The lowest BCUT2D eigenvalue weighted by Gasteiger charge is -2.19. The summed E-state index contributed by atoms with van der Waals surface area (Å²) in [6, 6.07) is 23.1. The van der Waals surface area contributed by atoms with Crippen molar-refractivity contribution in [3.8, 4) is 11.1 Å². The van der Waals surface area contributed by atoms with Crippen molar-refractivity contribution in [3.63, 3.8) is 0 Å². The fourth-order valence-corrected chi connectivity index (χ4v) is 5.32. The molecule has 0 saturated carbocycles. The van der Waals surface area contributed by atoms with E-state index in [1.807, 2.05) is 42.5 Å². The molecule has 0 aliphatic carbocycles. The second-order valence-corrected chi connectivity index (χ2v) is 11.9. The molecule has 1 amide bonds. The summed E-state index contributed by atoms with van der Waals surface area (Å²) < 4.78 is 34.2. The normalized spacial score (nSPS) is 12.0. The van der Waals surface area contributed by atoms with Crippen molar-refractivity contribution in [2.45, 2.75) is 38.0 Å². The molecule has 2 heterocycles. The highest BCUT2D eigenvalue weighted by atomic mass is 32.2. The molecular formula is C29H28N4O4S. The molecular weight excluding hydrogens is 500 g/mol. The van der Waals surface area contributed by atoms with Gasteiger partial charge in [0.2, 0.25) is 5.88 Å². The Hall–Kier alpha value is -4.37. The first-order chi connectivity index (χ1) is 18.0. The lowest BCUT2D eigenvalue weighted by Crippen LogP contribution is -2.14. The first kappa shape index (κ1) is 25.3. The average Bonchev–Trinajstić information content (AvgIpc) is 3.46. The fraction of sp³-hybridized carbons (Fsp3) is 0.172. The second kappa shape index (κ2) is 9.50. The van der Waals surface area contributed by atoms with Gasteiger partial charge in [0.15, 0.2) is 0 Å². The number of rotatable bonds is 6. The zero-order valence-electron chi connectivity index (χ0n) is 21.5. The number of aromatic nitrogens is 2. The first-order valence-electron chi connectivity index (χ1n) is 12.1. The Morgan fingerprint density at radius 2 is 1.66 bits per heavy atom. The summed E-state index contributed by atoms with van der Waals surface area (Å²) in [5.41, 5.74) is 4.43. The smallest absolute Gasteiger partial charge is 0.275 e. The molecule has 9 heteroatoms. The van der Waals surface area contributed by atoms with Crippen LogP contribution in [0.25, 0.3) is 22.0 Å². The Kier molecular flexibility index (Phi) is 6.32. The van der Waals surface area contributed by atoms with E-state index in [-0.39, 0.29) is 16.2 Å². The minimum absolute atomic E-state index is 0.0842. The van der Waals surface area contributed by atoms with Crippen LogP contribution in [-0.4, -0.2) is 24.5 Å². The number of carbonyl (C=O) groups excluding carboxylic acids is 1. The van der Waals surface area contributed by atoms with E-state index in [0.29, 0.717) is 33.5 Å². The summed E-state index contributed by atoms with van der Waals surface area (Å²) in [5, 5.41) is 7.23. The summed E-state index contributed by atoms with van der Waals surface area (Å²) >= 11 is 0. The quantitative estimate of drug-likeness (QED) is 0.233. The number of nitrogens with one attached hydrogen (secondary N) is 3. The first-order valence-corrected chi connectivity index (χ1v) is 13.6. The number of carbonyl (C=O) groups is 1. The number of hydrogen-bond acceptors (Lipinski definition) is 5. The van der Waals surface area contributed by atoms with Crippen LogP contribution in [0, 0.1) is 6.92 Å². The van der Waals surface area contributed by atoms with Crippen LogP contribution < -0.4 is 10.0 Å².